The van der Waals surface area contributed by atoms with E-state index >= 15 is 0 Å². The summed E-state index contributed by atoms with van der Waals surface area (Å²) in [5, 5.41) is 6.20. The van der Waals surface area contributed by atoms with E-state index in [0.717, 1.165) is 0 Å². The predicted molar refractivity (Wildman–Crippen MR) is 67.2 cm³/mol. The van der Waals surface area contributed by atoms with E-state index in [9.17, 15) is 8.42 Å². The molecule has 1 aromatic heterocycles. The van der Waals surface area contributed by atoms with Gasteiger partial charge in [0.05, 0.1) is 18.9 Å². The van der Waals surface area contributed by atoms with E-state index in [1.165, 1.54) is 17.5 Å². The van der Waals surface area contributed by atoms with Crippen molar-refractivity contribution < 1.29 is 13.2 Å². The van der Waals surface area contributed by atoms with Gasteiger partial charge in [0.25, 0.3) is 0 Å². The first-order valence-electron chi connectivity index (χ1n) is 5.12. The second-order valence-electron chi connectivity index (χ2n) is 3.79. The van der Waals surface area contributed by atoms with Crippen LogP contribution in [-0.2, 0) is 14.8 Å². The van der Waals surface area contributed by atoms with Gasteiger partial charge in [-0.2, -0.15) is 9.40 Å². The molecule has 17 heavy (non-hydrogen) atoms. The molecule has 0 spiro atoms. The molecule has 98 valence electrons. The Hall–Kier alpha value is -0.440. The van der Waals surface area contributed by atoms with Crippen LogP contribution in [0, 0.1) is 0 Å². The summed E-state index contributed by atoms with van der Waals surface area (Å²) in [6.45, 7) is 4.48. The zero-order chi connectivity index (χ0) is 13.1. The third-order valence-electron chi connectivity index (χ3n) is 2.11. The molecule has 0 fully saturated rings. The molecule has 0 aliphatic heterocycles. The molecule has 0 bridgehead atoms. The van der Waals surface area contributed by atoms with Crippen LogP contribution in [0.3, 0.4) is 0 Å². The highest BCUT2D eigenvalue weighted by molar-refractivity contribution is 9.10. The summed E-state index contributed by atoms with van der Waals surface area (Å²) in [4.78, 5) is 0.129. The van der Waals surface area contributed by atoms with E-state index < -0.39 is 10.0 Å². The molecule has 0 atom stereocenters. The molecule has 1 rings (SSSR count). The minimum absolute atomic E-state index is 0.0896. The number of H-pyrrole nitrogens is 1. The summed E-state index contributed by atoms with van der Waals surface area (Å²) in [7, 11) is -2.00. The smallest absolute Gasteiger partial charge is 0.247 e. The van der Waals surface area contributed by atoms with Crippen LogP contribution in [-0.4, -0.2) is 49.2 Å². The Bertz CT molecular complexity index is 458. The number of halogens is 1. The lowest BCUT2D eigenvalue weighted by molar-refractivity contribution is 0.0737. The van der Waals surface area contributed by atoms with E-state index in [-0.39, 0.29) is 11.0 Å². The summed E-state index contributed by atoms with van der Waals surface area (Å²) in [6.07, 6.45) is 1.37. The quantitative estimate of drug-likeness (QED) is 0.853. The molecule has 0 aromatic carbocycles. The maximum Gasteiger partial charge on any atom is 0.247 e. The van der Waals surface area contributed by atoms with Crippen molar-refractivity contribution in [3.63, 3.8) is 0 Å². The Morgan fingerprint density at radius 3 is 2.71 bits per heavy atom. The Kier molecular flexibility index (Phi) is 5.11. The molecule has 1 N–H and O–H groups in total. The number of sulfonamides is 1. The van der Waals surface area contributed by atoms with Gasteiger partial charge in [-0.05, 0) is 29.8 Å². The van der Waals surface area contributed by atoms with Crippen molar-refractivity contribution in [1.82, 2.24) is 14.5 Å². The van der Waals surface area contributed by atoms with Gasteiger partial charge >= 0.3 is 0 Å². The van der Waals surface area contributed by atoms with Crippen molar-refractivity contribution in [2.75, 3.05) is 20.2 Å². The second-order valence-corrected chi connectivity index (χ2v) is 6.60. The number of hydrogen-bond acceptors (Lipinski definition) is 4. The fourth-order valence-electron chi connectivity index (χ4n) is 1.14. The Labute approximate surface area is 110 Å². The summed E-state index contributed by atoms with van der Waals surface area (Å²) < 4.78 is 31.1. The van der Waals surface area contributed by atoms with Crippen LogP contribution in [0.4, 0.5) is 0 Å². The number of aromatic nitrogens is 2. The molecular weight excluding hydrogens is 310 g/mol. The lowest BCUT2D eigenvalue weighted by Crippen LogP contribution is -2.30. The van der Waals surface area contributed by atoms with Crippen LogP contribution >= 0.6 is 15.9 Å². The van der Waals surface area contributed by atoms with E-state index in [0.29, 0.717) is 17.8 Å². The molecular formula is C9H16BrN3O3S. The van der Waals surface area contributed by atoms with Gasteiger partial charge in [0.15, 0.2) is 0 Å². The molecule has 6 nitrogen and oxygen atoms in total. The highest BCUT2D eigenvalue weighted by atomic mass is 79.9. The van der Waals surface area contributed by atoms with Crippen LogP contribution in [0.1, 0.15) is 13.8 Å². The second kappa shape index (κ2) is 5.94. The predicted octanol–water partition coefficient (Wildman–Crippen LogP) is 1.22. The van der Waals surface area contributed by atoms with Gasteiger partial charge in [-0.1, -0.05) is 0 Å². The van der Waals surface area contributed by atoms with Crippen LogP contribution in [0.25, 0.3) is 0 Å². The van der Waals surface area contributed by atoms with Gasteiger partial charge in [-0.15, -0.1) is 0 Å². The minimum Gasteiger partial charge on any atom is -0.377 e. The zero-order valence-electron chi connectivity index (χ0n) is 9.97. The molecule has 1 heterocycles. The summed E-state index contributed by atoms with van der Waals surface area (Å²) in [5.41, 5.74) is 0. The van der Waals surface area contributed by atoms with Gasteiger partial charge in [-0.25, -0.2) is 8.42 Å². The van der Waals surface area contributed by atoms with Crippen LogP contribution in [0.2, 0.25) is 0 Å². The number of ether oxygens (including phenoxy) is 1. The van der Waals surface area contributed by atoms with Crippen molar-refractivity contribution in [2.45, 2.75) is 24.8 Å². The van der Waals surface area contributed by atoms with Crippen molar-refractivity contribution in [3.05, 3.63) is 10.8 Å². The van der Waals surface area contributed by atoms with Crippen LogP contribution < -0.4 is 0 Å². The first kappa shape index (κ1) is 14.6. The van der Waals surface area contributed by atoms with Gasteiger partial charge in [0.2, 0.25) is 10.0 Å². The van der Waals surface area contributed by atoms with Crippen LogP contribution in [0.15, 0.2) is 15.7 Å². The fourth-order valence-corrected chi connectivity index (χ4v) is 3.07. The third-order valence-corrected chi connectivity index (χ3v) is 4.84. The SMILES string of the molecule is CC(C)OCCN(C)S(=O)(=O)c1cn[nH]c1Br. The first-order chi connectivity index (χ1) is 7.85. The molecule has 0 radical (unpaired) electrons. The lowest BCUT2D eigenvalue weighted by atomic mass is 10.5. The first-order valence-corrected chi connectivity index (χ1v) is 7.36. The van der Waals surface area contributed by atoms with Crippen LogP contribution in [0.5, 0.6) is 0 Å². The topological polar surface area (TPSA) is 75.3 Å². The molecule has 0 saturated carbocycles. The highest BCUT2D eigenvalue weighted by Gasteiger charge is 2.24. The van der Waals surface area contributed by atoms with Gasteiger partial charge in [0, 0.05) is 13.6 Å². The molecule has 0 amide bonds. The standard InChI is InChI=1S/C9H16BrN3O3S/c1-7(2)16-5-4-13(3)17(14,15)8-6-11-12-9(8)10/h6-7H,4-5H2,1-3H3,(H,11,12). The molecule has 0 aliphatic carbocycles. The monoisotopic (exact) mass is 325 g/mol. The van der Waals surface area contributed by atoms with Gasteiger partial charge < -0.3 is 4.74 Å². The number of aromatic amines is 1. The van der Waals surface area contributed by atoms with Crippen molar-refractivity contribution >= 4 is 26.0 Å². The molecule has 0 saturated heterocycles. The minimum atomic E-state index is -3.51. The summed E-state index contributed by atoms with van der Waals surface area (Å²) in [5.74, 6) is 0. The molecule has 0 aliphatic rings. The fraction of sp³-hybridized carbons (Fsp3) is 0.667. The normalized spacial score (nSPS) is 12.6. The maximum atomic E-state index is 12.1. The number of rotatable bonds is 6. The lowest BCUT2D eigenvalue weighted by Gasteiger charge is -2.17. The summed E-state index contributed by atoms with van der Waals surface area (Å²) in [6, 6.07) is 0. The number of nitrogens with one attached hydrogen (secondary N) is 1. The maximum absolute atomic E-state index is 12.1. The number of nitrogens with zero attached hydrogens (tertiary/aromatic N) is 2. The van der Waals surface area contributed by atoms with Crippen molar-refractivity contribution in [1.29, 1.82) is 0 Å². The average molecular weight is 326 g/mol. The molecule has 8 heteroatoms. The molecule has 0 unspecified atom stereocenters. The van der Waals surface area contributed by atoms with Gasteiger partial charge in [0.1, 0.15) is 9.50 Å². The Balaban J connectivity index is 2.68. The van der Waals surface area contributed by atoms with E-state index in [1.54, 1.807) is 0 Å². The van der Waals surface area contributed by atoms with E-state index in [1.807, 2.05) is 13.8 Å². The third kappa shape index (κ3) is 3.77. The Morgan fingerprint density at radius 1 is 1.59 bits per heavy atom. The van der Waals surface area contributed by atoms with Crippen molar-refractivity contribution in [3.8, 4) is 0 Å². The number of likely N-dealkylation sites (N-methyl/N-ethyl adjacent to an activating group) is 1. The zero-order valence-corrected chi connectivity index (χ0v) is 12.4. The average Bonchev–Trinajstić information content (AvgIpc) is 2.64. The largest absolute Gasteiger partial charge is 0.377 e. The summed E-state index contributed by atoms with van der Waals surface area (Å²) >= 11 is 3.11. The van der Waals surface area contributed by atoms with E-state index in [2.05, 4.69) is 26.1 Å². The van der Waals surface area contributed by atoms with E-state index in [4.69, 9.17) is 4.74 Å². The number of hydrogen-bond donors (Lipinski definition) is 1. The molecule has 1 aromatic rings. The van der Waals surface area contributed by atoms with Crippen molar-refractivity contribution in [2.24, 2.45) is 0 Å². The van der Waals surface area contributed by atoms with Gasteiger partial charge in [-0.3, -0.25) is 5.10 Å². The Morgan fingerprint density at radius 2 is 2.24 bits per heavy atom. The highest BCUT2D eigenvalue weighted by Crippen LogP contribution is 2.21.